The van der Waals surface area contributed by atoms with Gasteiger partial charge in [0.15, 0.2) is 0 Å². The van der Waals surface area contributed by atoms with Gasteiger partial charge in [0, 0.05) is 6.04 Å². The van der Waals surface area contributed by atoms with Crippen LogP contribution in [-0.4, -0.2) is 21.1 Å². The molecule has 1 atom stereocenters. The number of thiophene rings is 1. The van der Waals surface area contributed by atoms with E-state index in [1.807, 2.05) is 13.8 Å². The number of carbonyl (C=O) groups excluding carboxylic acids is 1. The van der Waals surface area contributed by atoms with E-state index in [1.165, 1.54) is 22.8 Å². The van der Waals surface area contributed by atoms with Crippen molar-refractivity contribution in [3.05, 3.63) is 62.4 Å². The van der Waals surface area contributed by atoms with E-state index in [4.69, 9.17) is 0 Å². The molecule has 0 aliphatic rings. The number of para-hydroxylation sites is 1. The second kappa shape index (κ2) is 7.25. The molecule has 0 bridgehead atoms. The van der Waals surface area contributed by atoms with Crippen LogP contribution in [0.4, 0.5) is 4.39 Å². The topological polar surface area (TPSA) is 73.1 Å². The first-order valence-corrected chi connectivity index (χ1v) is 9.09. The van der Waals surface area contributed by atoms with Gasteiger partial charge < -0.3 is 5.32 Å². The van der Waals surface area contributed by atoms with Crippen molar-refractivity contribution in [2.45, 2.75) is 32.9 Å². The lowest BCUT2D eigenvalue weighted by Gasteiger charge is -2.15. The van der Waals surface area contributed by atoms with Crippen LogP contribution in [-0.2, 0) is 11.3 Å². The number of hydrogen-bond acceptors (Lipinski definition) is 4. The third-order valence-electron chi connectivity index (χ3n) is 4.17. The summed E-state index contributed by atoms with van der Waals surface area (Å²) >= 11 is 1.15. The van der Waals surface area contributed by atoms with Crippen LogP contribution >= 0.6 is 11.3 Å². The molecule has 26 heavy (non-hydrogen) atoms. The summed E-state index contributed by atoms with van der Waals surface area (Å²) in [6, 6.07) is 7.15. The number of nitrogens with one attached hydrogen (secondary N) is 1. The van der Waals surface area contributed by atoms with Crippen molar-refractivity contribution in [2.24, 2.45) is 0 Å². The Labute approximate surface area is 152 Å². The van der Waals surface area contributed by atoms with Gasteiger partial charge in [-0.05, 0) is 36.9 Å². The van der Waals surface area contributed by atoms with Gasteiger partial charge in [0.1, 0.15) is 17.1 Å². The molecule has 0 fully saturated rings. The van der Waals surface area contributed by atoms with E-state index in [-0.39, 0.29) is 24.2 Å². The minimum absolute atomic E-state index is 0.0337. The summed E-state index contributed by atoms with van der Waals surface area (Å²) in [7, 11) is 0. The Morgan fingerprint density at radius 1 is 1.27 bits per heavy atom. The molecule has 0 spiro atoms. The summed E-state index contributed by atoms with van der Waals surface area (Å²) in [6.07, 6.45) is 0.753. The smallest absolute Gasteiger partial charge is 0.336 e. The maximum absolute atomic E-state index is 14.2. The second-order valence-corrected chi connectivity index (χ2v) is 6.89. The predicted octanol–water partition coefficient (Wildman–Crippen LogP) is 2.27. The summed E-state index contributed by atoms with van der Waals surface area (Å²) in [6.45, 7) is 3.55. The summed E-state index contributed by atoms with van der Waals surface area (Å²) < 4.78 is 16.5. The van der Waals surface area contributed by atoms with Crippen LogP contribution in [0.2, 0.25) is 0 Å². The molecule has 136 valence electrons. The van der Waals surface area contributed by atoms with Crippen molar-refractivity contribution < 1.29 is 9.18 Å². The molecule has 1 N–H and O–H groups in total. The first-order chi connectivity index (χ1) is 12.4. The number of amides is 1. The fraction of sp³-hybridized carbons (Fsp3) is 0.278. The van der Waals surface area contributed by atoms with Gasteiger partial charge in [-0.15, -0.1) is 11.3 Å². The highest BCUT2D eigenvalue weighted by atomic mass is 32.1. The SMILES string of the molecule is CC[C@H](C)NC(=O)Cn1c(=O)n(-c2ccccc2F)c(=O)c2sccc21. The van der Waals surface area contributed by atoms with Crippen molar-refractivity contribution >= 4 is 27.5 Å². The van der Waals surface area contributed by atoms with E-state index >= 15 is 0 Å². The number of benzene rings is 1. The molecule has 1 aromatic carbocycles. The largest absolute Gasteiger partial charge is 0.352 e. The average Bonchev–Trinajstić information content (AvgIpc) is 3.10. The van der Waals surface area contributed by atoms with Gasteiger partial charge in [0.25, 0.3) is 5.56 Å². The zero-order chi connectivity index (χ0) is 18.8. The van der Waals surface area contributed by atoms with Crippen LogP contribution in [0.15, 0.2) is 45.3 Å². The summed E-state index contributed by atoms with van der Waals surface area (Å²) in [5.74, 6) is -1.02. The van der Waals surface area contributed by atoms with E-state index in [2.05, 4.69) is 5.32 Å². The standard InChI is InChI=1S/C18H18FN3O3S/c1-3-11(2)20-15(23)10-21-14-8-9-26-16(14)17(24)22(18(21)25)13-7-5-4-6-12(13)19/h4-9,11H,3,10H2,1-2H3,(H,20,23)/t11-/m0/s1. The van der Waals surface area contributed by atoms with E-state index in [0.29, 0.717) is 10.2 Å². The van der Waals surface area contributed by atoms with Crippen LogP contribution < -0.4 is 16.6 Å². The molecule has 0 saturated heterocycles. The molecular weight excluding hydrogens is 357 g/mol. The zero-order valence-electron chi connectivity index (χ0n) is 14.4. The molecule has 1 amide bonds. The minimum Gasteiger partial charge on any atom is -0.352 e. The number of nitrogens with zero attached hydrogens (tertiary/aromatic N) is 2. The molecule has 2 heterocycles. The van der Waals surface area contributed by atoms with Crippen molar-refractivity contribution in [3.63, 3.8) is 0 Å². The number of fused-ring (bicyclic) bond motifs is 1. The number of rotatable bonds is 5. The second-order valence-electron chi connectivity index (χ2n) is 5.97. The van der Waals surface area contributed by atoms with Crippen LogP contribution in [0.5, 0.6) is 0 Å². The van der Waals surface area contributed by atoms with Crippen LogP contribution in [0.1, 0.15) is 20.3 Å². The van der Waals surface area contributed by atoms with Gasteiger partial charge in [-0.3, -0.25) is 14.2 Å². The Bertz CT molecular complexity index is 1080. The molecule has 0 aliphatic heterocycles. The molecule has 0 aliphatic carbocycles. The Morgan fingerprint density at radius 2 is 2.00 bits per heavy atom. The lowest BCUT2D eigenvalue weighted by molar-refractivity contribution is -0.122. The van der Waals surface area contributed by atoms with Gasteiger partial charge in [-0.2, -0.15) is 0 Å². The van der Waals surface area contributed by atoms with Crippen molar-refractivity contribution in [2.75, 3.05) is 0 Å². The number of halogens is 1. The fourth-order valence-corrected chi connectivity index (χ4v) is 3.48. The molecule has 2 aromatic heterocycles. The van der Waals surface area contributed by atoms with E-state index in [1.54, 1.807) is 17.5 Å². The monoisotopic (exact) mass is 375 g/mol. The van der Waals surface area contributed by atoms with Gasteiger partial charge in [-0.25, -0.2) is 13.8 Å². The summed E-state index contributed by atoms with van der Waals surface area (Å²) in [5, 5.41) is 4.46. The zero-order valence-corrected chi connectivity index (χ0v) is 15.2. The van der Waals surface area contributed by atoms with E-state index in [9.17, 15) is 18.8 Å². The maximum Gasteiger partial charge on any atom is 0.336 e. The first kappa shape index (κ1) is 18.1. The lowest BCUT2D eigenvalue weighted by atomic mass is 10.2. The third-order valence-corrected chi connectivity index (χ3v) is 5.06. The quantitative estimate of drug-likeness (QED) is 0.744. The summed E-state index contributed by atoms with van der Waals surface area (Å²) in [4.78, 5) is 37.9. The Hall–Kier alpha value is -2.74. The van der Waals surface area contributed by atoms with Crippen molar-refractivity contribution in [1.82, 2.24) is 14.5 Å². The normalized spacial score (nSPS) is 12.3. The maximum atomic E-state index is 14.2. The van der Waals surface area contributed by atoms with E-state index < -0.39 is 17.1 Å². The molecule has 0 saturated carbocycles. The number of aromatic nitrogens is 2. The first-order valence-electron chi connectivity index (χ1n) is 8.21. The Balaban J connectivity index is 2.20. The van der Waals surface area contributed by atoms with E-state index in [0.717, 1.165) is 22.3 Å². The average molecular weight is 375 g/mol. The van der Waals surface area contributed by atoms with Crippen molar-refractivity contribution in [1.29, 1.82) is 0 Å². The highest BCUT2D eigenvalue weighted by Gasteiger charge is 2.19. The highest BCUT2D eigenvalue weighted by molar-refractivity contribution is 7.17. The molecule has 3 aromatic rings. The van der Waals surface area contributed by atoms with Crippen LogP contribution in [0.25, 0.3) is 15.9 Å². The van der Waals surface area contributed by atoms with Crippen molar-refractivity contribution in [3.8, 4) is 5.69 Å². The van der Waals surface area contributed by atoms with Gasteiger partial charge in [0.05, 0.1) is 11.2 Å². The minimum atomic E-state index is -0.745. The number of hydrogen-bond donors (Lipinski definition) is 1. The van der Waals surface area contributed by atoms with Gasteiger partial charge in [-0.1, -0.05) is 19.1 Å². The number of carbonyl (C=O) groups is 1. The van der Waals surface area contributed by atoms with Crippen LogP contribution in [0, 0.1) is 5.82 Å². The van der Waals surface area contributed by atoms with Gasteiger partial charge in [0.2, 0.25) is 5.91 Å². The molecule has 8 heteroatoms. The molecular formula is C18H18FN3O3S. The Morgan fingerprint density at radius 3 is 2.69 bits per heavy atom. The highest BCUT2D eigenvalue weighted by Crippen LogP contribution is 2.17. The van der Waals surface area contributed by atoms with Gasteiger partial charge >= 0.3 is 5.69 Å². The van der Waals surface area contributed by atoms with Crippen LogP contribution in [0.3, 0.4) is 0 Å². The molecule has 3 rings (SSSR count). The lowest BCUT2D eigenvalue weighted by Crippen LogP contribution is -2.43. The predicted molar refractivity (Wildman–Crippen MR) is 99.5 cm³/mol. The third kappa shape index (κ3) is 3.20. The molecule has 0 radical (unpaired) electrons. The summed E-state index contributed by atoms with van der Waals surface area (Å²) in [5.41, 5.74) is -1.10. The molecule has 6 nitrogen and oxygen atoms in total. The Kier molecular flexibility index (Phi) is 5.03. The fourth-order valence-electron chi connectivity index (χ4n) is 2.65. The molecule has 0 unspecified atom stereocenters.